The van der Waals surface area contributed by atoms with E-state index in [-0.39, 0.29) is 5.41 Å². The fourth-order valence-corrected chi connectivity index (χ4v) is 187. The topological polar surface area (TPSA) is 43.1 Å². The van der Waals surface area contributed by atoms with Crippen molar-refractivity contribution in [2.75, 3.05) is 0 Å². The van der Waals surface area contributed by atoms with Crippen LogP contribution in [0.2, 0.25) is 95.3 Å². The standard InChI is InChI=1S/C15H17NO.2C5H5.2Fe/c1-2-11-15(14(16)17,12-7-3-4-8-12)13-9-5-6-10-13;2*1-2-4-5-3-1;;/h3-10H,2,11H2,1H3,(H2,16,17);2*1-5H;;. The van der Waals surface area contributed by atoms with E-state index in [4.69, 9.17) is 5.73 Å². The Kier molecular flexibility index (Phi) is 0.270. The number of amides is 1. The van der Waals surface area contributed by atoms with Crippen molar-refractivity contribution in [1.82, 2.24) is 0 Å². The number of carbonyl (C=O) groups excluding carboxylic acids is 1. The van der Waals surface area contributed by atoms with Gasteiger partial charge in [0.05, 0.1) is 0 Å². The summed E-state index contributed by atoms with van der Waals surface area (Å²) in [6, 6.07) is 0. The van der Waals surface area contributed by atoms with E-state index in [9.17, 15) is 4.79 Å². The molecular weight excluding hydrogens is 442 g/mol. The van der Waals surface area contributed by atoms with E-state index in [2.05, 4.69) is 6.92 Å². The van der Waals surface area contributed by atoms with Crippen molar-refractivity contribution in [3.05, 3.63) is 0 Å². The molecular formula is C25H27Fe2NO. The first-order valence-electron chi connectivity index (χ1n) is 13.3. The van der Waals surface area contributed by atoms with Crippen LogP contribution < -0.4 is 5.73 Å². The van der Waals surface area contributed by atoms with Gasteiger partial charge in [-0.15, -0.1) is 0 Å². The minimum absolute atomic E-state index is 0.165. The van der Waals surface area contributed by atoms with Crippen molar-refractivity contribution in [2.24, 2.45) is 11.1 Å². The molecule has 20 heterocycles. The summed E-state index contributed by atoms with van der Waals surface area (Å²) >= 11 is 0. The zero-order chi connectivity index (χ0) is 17.5. The van der Waals surface area contributed by atoms with Crippen LogP contribution >= 0.6 is 0 Å². The van der Waals surface area contributed by atoms with Gasteiger partial charge in [0, 0.05) is 0 Å². The van der Waals surface area contributed by atoms with E-state index < -0.39 is 13.0 Å². The Labute approximate surface area is 149 Å². The fraction of sp³-hybridized carbons (Fsp3) is 0.960. The second-order valence-electron chi connectivity index (χ2n) is 21.4. The molecule has 2 nitrogen and oxygen atoms in total. The third-order valence-electron chi connectivity index (χ3n) is 31.7. The van der Waals surface area contributed by atoms with Crippen LogP contribution in [0.3, 0.4) is 0 Å². The average Bonchev–Trinajstić information content (AvgIpc) is 3.60. The first kappa shape index (κ1) is 10.2. The van der Waals surface area contributed by atoms with Crippen molar-refractivity contribution < 1.29 is 17.8 Å². The van der Waals surface area contributed by atoms with Gasteiger partial charge in [0.15, 0.2) is 0 Å². The quantitative estimate of drug-likeness (QED) is 0.444. The van der Waals surface area contributed by atoms with E-state index in [1.807, 2.05) is 0 Å². The molecule has 2 spiro atoms. The number of fused-ring (bicyclic) bond motifs is 20. The minimum atomic E-state index is -3.38. The maximum atomic E-state index is 14.4. The second-order valence-corrected chi connectivity index (χ2v) is 68.5. The molecule has 0 radical (unpaired) electrons. The Hall–Kier alpha value is 0.509. The first-order valence-corrected chi connectivity index (χ1v) is 25.9. The molecule has 8 unspecified atom stereocenters. The van der Waals surface area contributed by atoms with Gasteiger partial charge in [-0.1, -0.05) is 0 Å². The van der Waals surface area contributed by atoms with Crippen LogP contribution in [0, 0.1) is 5.41 Å². The van der Waals surface area contributed by atoms with Gasteiger partial charge in [0.25, 0.3) is 0 Å². The van der Waals surface area contributed by atoms with Gasteiger partial charge < -0.3 is 0 Å². The van der Waals surface area contributed by atoms with Crippen LogP contribution in [0.4, 0.5) is 0 Å². The van der Waals surface area contributed by atoms with Gasteiger partial charge in [-0.25, -0.2) is 0 Å². The van der Waals surface area contributed by atoms with Crippen molar-refractivity contribution in [1.29, 1.82) is 0 Å². The zero-order valence-electron chi connectivity index (χ0n) is 16.5. The van der Waals surface area contributed by atoms with Crippen LogP contribution in [0.25, 0.3) is 0 Å². The summed E-state index contributed by atoms with van der Waals surface area (Å²) in [5.41, 5.74) is 7.14. The third kappa shape index (κ3) is 0.0970. The summed E-state index contributed by atoms with van der Waals surface area (Å²) < 4.78 is 1.51. The number of rotatable bonds is 5. The Morgan fingerprint density at radius 3 is 1.14 bits per heavy atom. The summed E-state index contributed by atoms with van der Waals surface area (Å²) in [5.74, 6) is 0.403. The Morgan fingerprint density at radius 1 is 0.690 bits per heavy atom. The van der Waals surface area contributed by atoms with Crippen LogP contribution in [0.5, 0.6) is 0 Å². The molecule has 20 aliphatic rings. The maximum absolute atomic E-state index is 14.4. The molecule has 20 saturated heterocycles. The average molecular weight is 469 g/mol. The SMILES string of the molecule is CCCC(C(N)=O)([C]12[CH]3[CH]4[CH]5[CH]1[Fe]45321678[CH]2[CH]1[CH]6[CH]7[CH]28)[C]12[CH]3[CH]4[CH]5[CH]1[Fe]45321678[CH]2[CH]1[CH]6[CH]7[CH]28. The van der Waals surface area contributed by atoms with E-state index in [1.165, 1.54) is 99.5 Å². The van der Waals surface area contributed by atoms with Crippen LogP contribution in [0.1, 0.15) is 19.8 Å². The van der Waals surface area contributed by atoms with Gasteiger partial charge in [0.2, 0.25) is 0 Å². The van der Waals surface area contributed by atoms with Crippen molar-refractivity contribution >= 4 is 5.91 Å². The van der Waals surface area contributed by atoms with Gasteiger partial charge in [-0.3, -0.25) is 0 Å². The van der Waals surface area contributed by atoms with Crippen LogP contribution in [0.15, 0.2) is 0 Å². The third-order valence-corrected chi connectivity index (χ3v) is 117. The molecule has 29 heavy (non-hydrogen) atoms. The monoisotopic (exact) mass is 469 g/mol. The number of nitrogens with two attached hydrogens (primary N) is 1. The molecule has 0 saturated carbocycles. The van der Waals surface area contributed by atoms with Crippen LogP contribution in [-0.4, -0.2) is 5.91 Å². The second kappa shape index (κ2) is 0.769. The molecule has 0 aliphatic carbocycles. The van der Waals surface area contributed by atoms with Crippen molar-refractivity contribution in [2.45, 2.75) is 115 Å². The molecule has 0 aromatic rings. The van der Waals surface area contributed by atoms with E-state index >= 15 is 0 Å². The molecule has 4 heteroatoms. The summed E-state index contributed by atoms with van der Waals surface area (Å²) in [6.07, 6.45) is 2.62. The Balaban J connectivity index is 1.16. The predicted octanol–water partition coefficient (Wildman–Crippen LogP) is 6.78. The van der Waals surface area contributed by atoms with Gasteiger partial charge in [-0.05, 0) is 0 Å². The normalized spacial score (nSPS) is 140. The predicted molar refractivity (Wildman–Crippen MR) is 99.4 cm³/mol. The first-order chi connectivity index (χ1) is 13.6. The van der Waals surface area contributed by atoms with E-state index in [0.717, 1.165) is 8.63 Å². The van der Waals surface area contributed by atoms with E-state index in [1.54, 1.807) is 0 Å². The molecule has 20 fully saturated rings. The van der Waals surface area contributed by atoms with E-state index in [0.29, 0.717) is 5.91 Å². The number of carbonyl (C=O) groups is 1. The van der Waals surface area contributed by atoms with Gasteiger partial charge >= 0.3 is 150 Å². The Bertz CT molecular complexity index is 1910. The summed E-state index contributed by atoms with van der Waals surface area (Å²) in [7, 11) is 0. The summed E-state index contributed by atoms with van der Waals surface area (Å²) in [4.78, 5) is 38.6. The molecule has 20 rings (SSSR count). The summed E-state index contributed by atoms with van der Waals surface area (Å²) in [6.45, 7) is -4.30. The fourth-order valence-electron chi connectivity index (χ4n) is 36.3. The van der Waals surface area contributed by atoms with Gasteiger partial charge in [0.1, 0.15) is 0 Å². The number of primary amides is 1. The molecule has 8 atom stereocenters. The molecule has 0 aromatic heterocycles. The molecule has 0 aromatic carbocycles. The summed E-state index contributed by atoms with van der Waals surface area (Å²) in [5, 5.41) is 0. The van der Waals surface area contributed by atoms with Crippen molar-refractivity contribution in [3.8, 4) is 0 Å². The molecule has 2 N–H and O–H groups in total. The van der Waals surface area contributed by atoms with Crippen LogP contribution in [-0.2, 0) is 17.8 Å². The molecule has 154 valence electrons. The van der Waals surface area contributed by atoms with Crippen molar-refractivity contribution in [3.63, 3.8) is 0 Å². The Morgan fingerprint density at radius 2 is 1.00 bits per heavy atom. The molecule has 20 aliphatic heterocycles. The van der Waals surface area contributed by atoms with Gasteiger partial charge in [-0.2, -0.15) is 0 Å². The number of hydrogen-bond acceptors (Lipinski definition) is 1. The number of hydrogen-bond donors (Lipinski definition) is 1. The molecule has 0 bridgehead atoms. The molecule has 1 amide bonds. The zero-order valence-corrected chi connectivity index (χ0v) is 18.7.